The van der Waals surface area contributed by atoms with Crippen LogP contribution in [0, 0.1) is 20.8 Å². The molecule has 2 N–H and O–H groups in total. The van der Waals surface area contributed by atoms with Gasteiger partial charge in [-0.15, -0.1) is 5.10 Å². The maximum atomic E-state index is 12.3. The molecule has 0 spiro atoms. The van der Waals surface area contributed by atoms with Gasteiger partial charge in [-0.2, -0.15) is 18.2 Å². The largest absolute Gasteiger partial charge is 0.405 e. The normalized spacial score (nSPS) is 11.5. The number of carbonyl (C=O) groups is 1. The molecule has 10 heteroatoms. The van der Waals surface area contributed by atoms with E-state index in [1.807, 2.05) is 31.3 Å². The van der Waals surface area contributed by atoms with Gasteiger partial charge in [0.05, 0.1) is 10.7 Å². The smallest absolute Gasteiger partial charge is 0.343 e. The summed E-state index contributed by atoms with van der Waals surface area (Å²) >= 11 is 6.42. The number of carbonyl (C=O) groups excluding carboxylic acids is 1. The summed E-state index contributed by atoms with van der Waals surface area (Å²) in [5.74, 6) is 0.0715. The van der Waals surface area contributed by atoms with Crippen molar-refractivity contribution in [3.8, 4) is 11.4 Å². The Hall–Kier alpha value is -3.07. The molecule has 164 valence electrons. The first-order chi connectivity index (χ1) is 14.5. The fourth-order valence-corrected chi connectivity index (χ4v) is 3.21. The van der Waals surface area contributed by atoms with Gasteiger partial charge < -0.3 is 10.6 Å². The Balaban J connectivity index is 1.82. The van der Waals surface area contributed by atoms with Crippen molar-refractivity contribution in [1.29, 1.82) is 0 Å². The van der Waals surface area contributed by atoms with Crippen molar-refractivity contribution in [2.45, 2.75) is 26.9 Å². The molecule has 0 atom stereocenters. The van der Waals surface area contributed by atoms with E-state index >= 15 is 0 Å². The summed E-state index contributed by atoms with van der Waals surface area (Å²) in [6.45, 7) is 4.16. The molecule has 0 aliphatic heterocycles. The Morgan fingerprint density at radius 3 is 2.48 bits per heavy atom. The van der Waals surface area contributed by atoms with Gasteiger partial charge in [0, 0.05) is 18.2 Å². The van der Waals surface area contributed by atoms with Crippen molar-refractivity contribution >= 4 is 29.1 Å². The standard InChI is InChI=1S/C21H21ClF3N5O/c1-11-5-8-16(17(22)13(11)3)27-20-28-18(29-30(20)4)14-6-7-15(12(2)9-14)19(31)26-10-21(23,24)25/h5-9H,10H2,1-4H3,(H,26,31)(H,27,28,29). The first-order valence-corrected chi connectivity index (χ1v) is 9.74. The highest BCUT2D eigenvalue weighted by Crippen LogP contribution is 2.30. The van der Waals surface area contributed by atoms with Gasteiger partial charge in [0.15, 0.2) is 5.82 Å². The third kappa shape index (κ3) is 5.16. The molecule has 0 bridgehead atoms. The summed E-state index contributed by atoms with van der Waals surface area (Å²) in [4.78, 5) is 16.5. The molecule has 0 unspecified atom stereocenters. The molecule has 1 aromatic heterocycles. The Labute approximate surface area is 182 Å². The van der Waals surface area contributed by atoms with E-state index in [1.165, 1.54) is 6.07 Å². The van der Waals surface area contributed by atoms with Crippen LogP contribution in [-0.2, 0) is 7.05 Å². The second-order valence-corrected chi connectivity index (χ2v) is 7.58. The van der Waals surface area contributed by atoms with Crippen molar-refractivity contribution in [3.63, 3.8) is 0 Å². The molecular formula is C21H21ClF3N5O. The Bertz CT molecular complexity index is 1140. The lowest BCUT2D eigenvalue weighted by atomic mass is 10.0. The average Bonchev–Trinajstić information content (AvgIpc) is 3.06. The molecule has 6 nitrogen and oxygen atoms in total. The fraction of sp³-hybridized carbons (Fsp3) is 0.286. The highest BCUT2D eigenvalue weighted by Gasteiger charge is 2.28. The van der Waals surface area contributed by atoms with Gasteiger partial charge in [-0.25, -0.2) is 4.68 Å². The summed E-state index contributed by atoms with van der Waals surface area (Å²) in [7, 11) is 1.72. The highest BCUT2D eigenvalue weighted by molar-refractivity contribution is 6.34. The number of amides is 1. The number of anilines is 2. The molecule has 3 rings (SSSR count). The first kappa shape index (κ1) is 22.6. The molecule has 2 aromatic carbocycles. The number of alkyl halides is 3. The first-order valence-electron chi connectivity index (χ1n) is 9.36. The second-order valence-electron chi connectivity index (χ2n) is 7.20. The topological polar surface area (TPSA) is 71.8 Å². The number of aromatic nitrogens is 3. The Morgan fingerprint density at radius 1 is 1.13 bits per heavy atom. The minimum atomic E-state index is -4.47. The molecule has 3 aromatic rings. The third-order valence-corrected chi connectivity index (χ3v) is 5.33. The van der Waals surface area contributed by atoms with Crippen molar-refractivity contribution in [1.82, 2.24) is 20.1 Å². The zero-order valence-electron chi connectivity index (χ0n) is 17.4. The number of benzene rings is 2. The van der Waals surface area contributed by atoms with E-state index in [9.17, 15) is 18.0 Å². The SMILES string of the molecule is Cc1cc(-c2nc(Nc3ccc(C)c(C)c3Cl)n(C)n2)ccc1C(=O)NCC(F)(F)F. The predicted octanol–water partition coefficient (Wildman–Crippen LogP) is 5.10. The van der Waals surface area contributed by atoms with E-state index in [1.54, 1.807) is 30.8 Å². The summed E-state index contributed by atoms with van der Waals surface area (Å²) < 4.78 is 38.6. The summed E-state index contributed by atoms with van der Waals surface area (Å²) in [6.07, 6.45) is -4.47. The van der Waals surface area contributed by atoms with Gasteiger partial charge in [-0.1, -0.05) is 23.7 Å². The molecule has 0 fully saturated rings. The van der Waals surface area contributed by atoms with Gasteiger partial charge in [0.1, 0.15) is 6.54 Å². The van der Waals surface area contributed by atoms with Crippen molar-refractivity contribution in [2.24, 2.45) is 7.05 Å². The minimum Gasteiger partial charge on any atom is -0.343 e. The maximum Gasteiger partial charge on any atom is 0.405 e. The number of nitrogens with zero attached hydrogens (tertiary/aromatic N) is 3. The van der Waals surface area contributed by atoms with Crippen molar-refractivity contribution in [2.75, 3.05) is 11.9 Å². The van der Waals surface area contributed by atoms with E-state index < -0.39 is 18.6 Å². The Kier molecular flexibility index (Phi) is 6.26. The fourth-order valence-electron chi connectivity index (χ4n) is 2.95. The van der Waals surface area contributed by atoms with Crippen LogP contribution in [0.1, 0.15) is 27.0 Å². The third-order valence-electron chi connectivity index (χ3n) is 4.85. The number of aryl methyl sites for hydroxylation is 3. The van der Waals surface area contributed by atoms with Crippen LogP contribution < -0.4 is 10.6 Å². The monoisotopic (exact) mass is 451 g/mol. The molecule has 0 aliphatic rings. The average molecular weight is 452 g/mol. The van der Waals surface area contributed by atoms with Gasteiger partial charge in [-0.3, -0.25) is 4.79 Å². The predicted molar refractivity (Wildman–Crippen MR) is 114 cm³/mol. The molecule has 31 heavy (non-hydrogen) atoms. The van der Waals surface area contributed by atoms with Crippen LogP contribution in [0.25, 0.3) is 11.4 Å². The highest BCUT2D eigenvalue weighted by atomic mass is 35.5. The molecule has 1 amide bonds. The zero-order chi connectivity index (χ0) is 22.9. The van der Waals surface area contributed by atoms with Crippen LogP contribution in [0.4, 0.5) is 24.8 Å². The zero-order valence-corrected chi connectivity index (χ0v) is 18.1. The van der Waals surface area contributed by atoms with E-state index in [2.05, 4.69) is 15.4 Å². The minimum absolute atomic E-state index is 0.157. The molecule has 0 aliphatic carbocycles. The molecule has 0 radical (unpaired) electrons. The van der Waals surface area contributed by atoms with E-state index in [0.717, 1.165) is 11.1 Å². The van der Waals surface area contributed by atoms with Crippen molar-refractivity contribution in [3.05, 3.63) is 57.6 Å². The molecule has 0 saturated carbocycles. The summed E-state index contributed by atoms with van der Waals surface area (Å²) in [6, 6.07) is 8.52. The lowest BCUT2D eigenvalue weighted by Gasteiger charge is -2.11. The molecule has 1 heterocycles. The maximum absolute atomic E-state index is 12.3. The van der Waals surface area contributed by atoms with Gasteiger partial charge in [0.25, 0.3) is 5.91 Å². The lowest BCUT2D eigenvalue weighted by molar-refractivity contribution is -0.123. The van der Waals surface area contributed by atoms with Gasteiger partial charge >= 0.3 is 6.18 Å². The number of hydrogen-bond donors (Lipinski definition) is 2. The van der Waals surface area contributed by atoms with Gasteiger partial charge in [-0.05, 0) is 55.7 Å². The van der Waals surface area contributed by atoms with Crippen LogP contribution in [0.2, 0.25) is 5.02 Å². The van der Waals surface area contributed by atoms with Crippen LogP contribution in [0.3, 0.4) is 0 Å². The van der Waals surface area contributed by atoms with E-state index in [4.69, 9.17) is 11.6 Å². The van der Waals surface area contributed by atoms with E-state index in [0.29, 0.717) is 33.6 Å². The van der Waals surface area contributed by atoms with Crippen LogP contribution in [0.5, 0.6) is 0 Å². The summed E-state index contributed by atoms with van der Waals surface area (Å²) in [5.41, 5.74) is 4.02. The Morgan fingerprint density at radius 2 is 1.84 bits per heavy atom. The van der Waals surface area contributed by atoms with Crippen LogP contribution >= 0.6 is 11.6 Å². The van der Waals surface area contributed by atoms with Crippen molar-refractivity contribution < 1.29 is 18.0 Å². The number of hydrogen-bond acceptors (Lipinski definition) is 4. The second kappa shape index (κ2) is 8.58. The summed E-state index contributed by atoms with van der Waals surface area (Å²) in [5, 5.41) is 10.0. The van der Waals surface area contributed by atoms with Crippen LogP contribution in [0.15, 0.2) is 30.3 Å². The number of halogens is 4. The van der Waals surface area contributed by atoms with Gasteiger partial charge in [0.2, 0.25) is 5.95 Å². The number of rotatable bonds is 5. The number of nitrogens with one attached hydrogen (secondary N) is 2. The molecule has 0 saturated heterocycles. The quantitative estimate of drug-likeness (QED) is 0.566. The van der Waals surface area contributed by atoms with E-state index in [-0.39, 0.29) is 5.56 Å². The van der Waals surface area contributed by atoms with Crippen LogP contribution in [-0.4, -0.2) is 33.4 Å². The molecular weight excluding hydrogens is 431 g/mol. The lowest BCUT2D eigenvalue weighted by Crippen LogP contribution is -2.34.